The SMILES string of the molecule is O=C(CCCCN1CCOCC1)c1cccc(Nc2ccc(/C=C/c3ccccn3)cc2)c1. The highest BCUT2D eigenvalue weighted by Gasteiger charge is 2.11. The van der Waals surface area contributed by atoms with E-state index in [2.05, 4.69) is 27.3 Å². The molecule has 3 aromatic rings. The maximum atomic E-state index is 12.7. The van der Waals surface area contributed by atoms with E-state index in [0.717, 1.165) is 73.9 Å². The number of morpholine rings is 1. The third-order valence-corrected chi connectivity index (χ3v) is 5.75. The molecule has 1 aliphatic rings. The number of carbonyl (C=O) groups excluding carboxylic acids is 1. The molecule has 1 N–H and O–H groups in total. The third-order valence-electron chi connectivity index (χ3n) is 5.75. The van der Waals surface area contributed by atoms with Crippen LogP contribution in [0.2, 0.25) is 0 Å². The summed E-state index contributed by atoms with van der Waals surface area (Å²) >= 11 is 0. The number of aromatic nitrogens is 1. The number of benzene rings is 2. The van der Waals surface area contributed by atoms with Crippen LogP contribution in [-0.4, -0.2) is 48.5 Å². The van der Waals surface area contributed by atoms with Crippen LogP contribution in [-0.2, 0) is 4.74 Å². The molecule has 0 saturated carbocycles. The predicted molar refractivity (Wildman–Crippen MR) is 135 cm³/mol. The highest BCUT2D eigenvalue weighted by atomic mass is 16.5. The lowest BCUT2D eigenvalue weighted by atomic mass is 10.0. The smallest absolute Gasteiger partial charge is 0.162 e. The minimum atomic E-state index is 0.204. The number of hydrogen-bond acceptors (Lipinski definition) is 5. The molecule has 1 aromatic heterocycles. The fourth-order valence-electron chi connectivity index (χ4n) is 3.86. The van der Waals surface area contributed by atoms with Gasteiger partial charge < -0.3 is 10.1 Å². The van der Waals surface area contributed by atoms with E-state index in [9.17, 15) is 4.79 Å². The van der Waals surface area contributed by atoms with Crippen molar-refractivity contribution in [3.8, 4) is 0 Å². The van der Waals surface area contributed by atoms with Gasteiger partial charge in [-0.15, -0.1) is 0 Å². The first-order valence-corrected chi connectivity index (χ1v) is 11.7. The molecule has 0 amide bonds. The average Bonchev–Trinajstić information content (AvgIpc) is 2.87. The Morgan fingerprint density at radius 1 is 0.939 bits per heavy atom. The molecule has 2 heterocycles. The Morgan fingerprint density at radius 2 is 1.79 bits per heavy atom. The molecule has 0 unspecified atom stereocenters. The summed E-state index contributed by atoms with van der Waals surface area (Å²) in [4.78, 5) is 19.4. The summed E-state index contributed by atoms with van der Waals surface area (Å²) in [5.41, 5.74) is 4.71. The minimum absolute atomic E-state index is 0.204. The molecule has 0 radical (unpaired) electrons. The Morgan fingerprint density at radius 3 is 2.58 bits per heavy atom. The summed E-state index contributed by atoms with van der Waals surface area (Å²) in [6, 6.07) is 21.8. The van der Waals surface area contributed by atoms with E-state index >= 15 is 0 Å². The van der Waals surface area contributed by atoms with Crippen LogP contribution in [0.3, 0.4) is 0 Å². The normalized spacial score (nSPS) is 14.4. The van der Waals surface area contributed by atoms with Crippen LogP contribution in [0.1, 0.15) is 40.9 Å². The van der Waals surface area contributed by atoms with Gasteiger partial charge >= 0.3 is 0 Å². The van der Waals surface area contributed by atoms with Crippen LogP contribution < -0.4 is 5.32 Å². The van der Waals surface area contributed by atoms with Crippen LogP contribution >= 0.6 is 0 Å². The number of hydrogen-bond donors (Lipinski definition) is 1. The van der Waals surface area contributed by atoms with Crippen LogP contribution in [0.15, 0.2) is 72.9 Å². The zero-order chi connectivity index (χ0) is 22.7. The maximum Gasteiger partial charge on any atom is 0.162 e. The van der Waals surface area contributed by atoms with Gasteiger partial charge in [-0.2, -0.15) is 0 Å². The Kier molecular flexibility index (Phi) is 8.39. The summed E-state index contributed by atoms with van der Waals surface area (Å²) in [6.07, 6.45) is 8.39. The van der Waals surface area contributed by atoms with Crippen LogP contribution in [0.25, 0.3) is 12.2 Å². The van der Waals surface area contributed by atoms with E-state index < -0.39 is 0 Å². The van der Waals surface area contributed by atoms with E-state index in [0.29, 0.717) is 6.42 Å². The number of unbranched alkanes of at least 4 members (excludes halogenated alkanes) is 1. The van der Waals surface area contributed by atoms with Gasteiger partial charge in [0.15, 0.2) is 5.78 Å². The predicted octanol–water partition coefficient (Wildman–Crippen LogP) is 5.68. The summed E-state index contributed by atoms with van der Waals surface area (Å²) in [6.45, 7) is 4.70. The second-order valence-electron chi connectivity index (χ2n) is 8.25. The van der Waals surface area contributed by atoms with Gasteiger partial charge in [-0.25, -0.2) is 0 Å². The monoisotopic (exact) mass is 441 g/mol. The lowest BCUT2D eigenvalue weighted by Gasteiger charge is -2.26. The zero-order valence-electron chi connectivity index (χ0n) is 19.0. The van der Waals surface area contributed by atoms with Gasteiger partial charge in [0.05, 0.1) is 18.9 Å². The molecule has 0 atom stereocenters. The highest BCUT2D eigenvalue weighted by Crippen LogP contribution is 2.20. The van der Waals surface area contributed by atoms with Crippen molar-refractivity contribution in [1.82, 2.24) is 9.88 Å². The number of ether oxygens (including phenoxy) is 1. The molecule has 1 saturated heterocycles. The summed E-state index contributed by atoms with van der Waals surface area (Å²) in [5, 5.41) is 3.40. The zero-order valence-corrected chi connectivity index (χ0v) is 19.0. The van der Waals surface area contributed by atoms with Crippen molar-refractivity contribution in [3.63, 3.8) is 0 Å². The number of rotatable bonds is 10. The van der Waals surface area contributed by atoms with Crippen molar-refractivity contribution < 1.29 is 9.53 Å². The van der Waals surface area contributed by atoms with E-state index in [-0.39, 0.29) is 5.78 Å². The van der Waals surface area contributed by atoms with E-state index in [1.165, 1.54) is 0 Å². The number of nitrogens with zero attached hydrogens (tertiary/aromatic N) is 2. The van der Waals surface area contributed by atoms with Crippen molar-refractivity contribution in [3.05, 3.63) is 89.7 Å². The average molecular weight is 442 g/mol. The number of carbonyl (C=O) groups is 1. The molecule has 0 aliphatic carbocycles. The Balaban J connectivity index is 1.26. The molecule has 0 bridgehead atoms. The second-order valence-corrected chi connectivity index (χ2v) is 8.25. The van der Waals surface area contributed by atoms with Gasteiger partial charge in [0, 0.05) is 42.6 Å². The number of ketones is 1. The topological polar surface area (TPSA) is 54.5 Å². The van der Waals surface area contributed by atoms with Crippen molar-refractivity contribution in [2.75, 3.05) is 38.2 Å². The Bertz CT molecular complexity index is 1040. The third kappa shape index (κ3) is 7.38. The maximum absolute atomic E-state index is 12.7. The first-order chi connectivity index (χ1) is 16.3. The highest BCUT2D eigenvalue weighted by molar-refractivity contribution is 5.97. The standard InChI is InChI=1S/C28H31N3O2/c32-28(9-2-4-17-31-18-20-33-21-19-31)24-6-5-8-27(22-24)30-26-14-11-23(12-15-26)10-13-25-7-1-3-16-29-25/h1,3,5-8,10-16,22,30H,2,4,9,17-21H2/b13-10+. The molecule has 170 valence electrons. The second kappa shape index (κ2) is 12.1. The summed E-state index contributed by atoms with van der Waals surface area (Å²) in [7, 11) is 0. The lowest BCUT2D eigenvalue weighted by molar-refractivity contribution is 0.0371. The number of nitrogens with one attached hydrogen (secondary N) is 1. The molecule has 1 aliphatic heterocycles. The molecule has 5 heteroatoms. The van der Waals surface area contributed by atoms with Gasteiger partial charge in [0.2, 0.25) is 0 Å². The number of anilines is 2. The first kappa shape index (κ1) is 22.9. The fourth-order valence-corrected chi connectivity index (χ4v) is 3.86. The summed E-state index contributed by atoms with van der Waals surface area (Å²) < 4.78 is 5.38. The molecule has 1 fully saturated rings. The van der Waals surface area contributed by atoms with Crippen molar-refractivity contribution in [2.24, 2.45) is 0 Å². The van der Waals surface area contributed by atoms with Gasteiger partial charge in [-0.3, -0.25) is 14.7 Å². The van der Waals surface area contributed by atoms with Gasteiger partial charge in [0.1, 0.15) is 0 Å². The molecule has 33 heavy (non-hydrogen) atoms. The molecule has 5 nitrogen and oxygen atoms in total. The molecule has 4 rings (SSSR count). The quantitative estimate of drug-likeness (QED) is 0.324. The van der Waals surface area contributed by atoms with E-state index in [1.807, 2.05) is 66.7 Å². The van der Waals surface area contributed by atoms with Crippen LogP contribution in [0.4, 0.5) is 11.4 Å². The van der Waals surface area contributed by atoms with Crippen molar-refractivity contribution in [1.29, 1.82) is 0 Å². The minimum Gasteiger partial charge on any atom is -0.379 e. The number of Topliss-reactive ketones (excluding diaryl/α,β-unsaturated/α-hetero) is 1. The van der Waals surface area contributed by atoms with Crippen LogP contribution in [0.5, 0.6) is 0 Å². The van der Waals surface area contributed by atoms with Gasteiger partial charge in [-0.05, 0) is 67.4 Å². The molecule has 2 aromatic carbocycles. The van der Waals surface area contributed by atoms with E-state index in [4.69, 9.17) is 4.74 Å². The Hall–Kier alpha value is -3.28. The Labute approximate surface area is 196 Å². The molecular weight excluding hydrogens is 410 g/mol. The van der Waals surface area contributed by atoms with Crippen molar-refractivity contribution in [2.45, 2.75) is 19.3 Å². The first-order valence-electron chi connectivity index (χ1n) is 11.7. The van der Waals surface area contributed by atoms with Crippen LogP contribution in [0, 0.1) is 0 Å². The summed E-state index contributed by atoms with van der Waals surface area (Å²) in [5.74, 6) is 0.204. The van der Waals surface area contributed by atoms with Gasteiger partial charge in [0.25, 0.3) is 0 Å². The van der Waals surface area contributed by atoms with Gasteiger partial charge in [-0.1, -0.05) is 36.4 Å². The number of pyridine rings is 1. The van der Waals surface area contributed by atoms with Crippen molar-refractivity contribution >= 4 is 29.3 Å². The molecule has 0 spiro atoms. The largest absolute Gasteiger partial charge is 0.379 e. The lowest BCUT2D eigenvalue weighted by Crippen LogP contribution is -2.36. The van der Waals surface area contributed by atoms with E-state index in [1.54, 1.807) is 6.20 Å². The fraction of sp³-hybridized carbons (Fsp3) is 0.286. The molecular formula is C28H31N3O2.